The van der Waals surface area contributed by atoms with Crippen LogP contribution in [0.25, 0.3) is 5.69 Å². The fourth-order valence-electron chi connectivity index (χ4n) is 3.73. The molecule has 0 aliphatic rings. The summed E-state index contributed by atoms with van der Waals surface area (Å²) in [4.78, 5) is 31.9. The first kappa shape index (κ1) is 25.1. The molecule has 0 unspecified atom stereocenters. The third kappa shape index (κ3) is 5.15. The number of anilines is 1. The van der Waals surface area contributed by atoms with Gasteiger partial charge in [0.25, 0.3) is 5.91 Å². The SMILES string of the molecule is Cc1c(O)n(-c2ccc(SC(F)(F)F)cc2)c(=O)n1Cc1ccncc1C(=O)N(C)c1ccccc1. The van der Waals surface area contributed by atoms with Crippen molar-refractivity contribution in [3.8, 4) is 11.6 Å². The number of hydrogen-bond acceptors (Lipinski definition) is 5. The molecule has 36 heavy (non-hydrogen) atoms. The van der Waals surface area contributed by atoms with Gasteiger partial charge in [0.15, 0.2) is 0 Å². The van der Waals surface area contributed by atoms with Crippen LogP contribution in [0, 0.1) is 6.92 Å². The predicted molar refractivity (Wildman–Crippen MR) is 131 cm³/mol. The van der Waals surface area contributed by atoms with Gasteiger partial charge in [-0.1, -0.05) is 18.2 Å². The number of aromatic nitrogens is 3. The number of halogens is 3. The molecule has 0 bridgehead atoms. The molecule has 0 radical (unpaired) electrons. The minimum absolute atomic E-state index is 0.0283. The zero-order chi connectivity index (χ0) is 26.0. The van der Waals surface area contributed by atoms with Crippen LogP contribution in [-0.2, 0) is 6.54 Å². The van der Waals surface area contributed by atoms with Crippen molar-refractivity contribution in [3.05, 3.63) is 100 Å². The van der Waals surface area contributed by atoms with Crippen LogP contribution < -0.4 is 10.6 Å². The molecule has 1 amide bonds. The number of nitrogens with zero attached hydrogens (tertiary/aromatic N) is 4. The van der Waals surface area contributed by atoms with Gasteiger partial charge in [-0.25, -0.2) is 9.36 Å². The molecule has 4 rings (SSSR count). The van der Waals surface area contributed by atoms with Gasteiger partial charge in [0.1, 0.15) is 0 Å². The monoisotopic (exact) mass is 514 g/mol. The van der Waals surface area contributed by atoms with Crippen LogP contribution in [0.2, 0.25) is 0 Å². The van der Waals surface area contributed by atoms with E-state index in [0.717, 1.165) is 4.57 Å². The Morgan fingerprint density at radius 1 is 1.08 bits per heavy atom. The van der Waals surface area contributed by atoms with Gasteiger partial charge in [0.2, 0.25) is 5.88 Å². The van der Waals surface area contributed by atoms with Crippen molar-refractivity contribution in [2.45, 2.75) is 23.9 Å². The lowest BCUT2D eigenvalue weighted by Crippen LogP contribution is -2.29. The number of pyridine rings is 1. The van der Waals surface area contributed by atoms with Gasteiger partial charge < -0.3 is 10.0 Å². The first-order valence-electron chi connectivity index (χ1n) is 10.7. The summed E-state index contributed by atoms with van der Waals surface area (Å²) in [6, 6.07) is 15.8. The second-order valence-electron chi connectivity index (χ2n) is 7.89. The van der Waals surface area contributed by atoms with Crippen molar-refractivity contribution in [1.82, 2.24) is 14.1 Å². The second-order valence-corrected chi connectivity index (χ2v) is 9.03. The normalized spacial score (nSPS) is 11.5. The Kier molecular flexibility index (Phi) is 6.93. The van der Waals surface area contributed by atoms with E-state index in [-0.39, 0.29) is 51.9 Å². The Balaban J connectivity index is 1.67. The molecule has 0 atom stereocenters. The number of rotatable bonds is 6. The highest BCUT2D eigenvalue weighted by atomic mass is 32.2. The molecular weight excluding hydrogens is 493 g/mol. The van der Waals surface area contributed by atoms with Crippen molar-refractivity contribution in [1.29, 1.82) is 0 Å². The maximum atomic E-state index is 13.2. The van der Waals surface area contributed by atoms with E-state index in [1.807, 2.05) is 18.2 Å². The lowest BCUT2D eigenvalue weighted by molar-refractivity contribution is -0.0328. The maximum Gasteiger partial charge on any atom is 0.446 e. The average Bonchev–Trinajstić information content (AvgIpc) is 3.06. The molecule has 2 heterocycles. The first-order chi connectivity index (χ1) is 17.1. The third-order valence-corrected chi connectivity index (χ3v) is 6.35. The molecule has 0 fully saturated rings. The highest BCUT2D eigenvalue weighted by Gasteiger charge is 2.29. The van der Waals surface area contributed by atoms with E-state index in [2.05, 4.69) is 4.98 Å². The van der Waals surface area contributed by atoms with Crippen LogP contribution in [0.5, 0.6) is 5.88 Å². The van der Waals surface area contributed by atoms with Gasteiger partial charge in [0.05, 0.1) is 23.5 Å². The quantitative estimate of drug-likeness (QED) is 0.367. The van der Waals surface area contributed by atoms with Crippen molar-refractivity contribution >= 4 is 23.4 Å². The number of carbonyl (C=O) groups is 1. The van der Waals surface area contributed by atoms with E-state index in [0.29, 0.717) is 11.3 Å². The smallest absolute Gasteiger partial charge is 0.446 e. The average molecular weight is 515 g/mol. The lowest BCUT2D eigenvalue weighted by atomic mass is 10.1. The largest absolute Gasteiger partial charge is 0.493 e. The fraction of sp³-hybridized carbons (Fsp3) is 0.160. The van der Waals surface area contributed by atoms with E-state index >= 15 is 0 Å². The van der Waals surface area contributed by atoms with Gasteiger partial charge in [-0.15, -0.1) is 0 Å². The minimum Gasteiger partial charge on any atom is -0.493 e. The van der Waals surface area contributed by atoms with E-state index in [4.69, 9.17) is 0 Å². The molecule has 0 saturated heterocycles. The maximum absolute atomic E-state index is 13.2. The van der Waals surface area contributed by atoms with Gasteiger partial charge >= 0.3 is 11.2 Å². The summed E-state index contributed by atoms with van der Waals surface area (Å²) in [6.45, 7) is 1.51. The summed E-state index contributed by atoms with van der Waals surface area (Å²) in [6.07, 6.45) is 2.92. The van der Waals surface area contributed by atoms with Crippen molar-refractivity contribution in [2.75, 3.05) is 11.9 Å². The minimum atomic E-state index is -4.44. The van der Waals surface area contributed by atoms with Crippen molar-refractivity contribution in [3.63, 3.8) is 0 Å². The Morgan fingerprint density at radius 2 is 1.75 bits per heavy atom. The zero-order valence-electron chi connectivity index (χ0n) is 19.2. The van der Waals surface area contributed by atoms with Crippen LogP contribution in [0.1, 0.15) is 21.6 Å². The highest BCUT2D eigenvalue weighted by molar-refractivity contribution is 8.00. The van der Waals surface area contributed by atoms with E-state index in [1.165, 1.54) is 46.1 Å². The summed E-state index contributed by atoms with van der Waals surface area (Å²) in [5.41, 5.74) is -3.11. The fourth-order valence-corrected chi connectivity index (χ4v) is 4.27. The Labute approximate surface area is 208 Å². The van der Waals surface area contributed by atoms with Crippen LogP contribution in [0.15, 0.2) is 82.7 Å². The van der Waals surface area contributed by atoms with Gasteiger partial charge in [-0.2, -0.15) is 13.2 Å². The zero-order valence-corrected chi connectivity index (χ0v) is 20.0. The number of thioether (sulfide) groups is 1. The lowest BCUT2D eigenvalue weighted by Gasteiger charge is -2.19. The molecule has 11 heteroatoms. The summed E-state index contributed by atoms with van der Waals surface area (Å²) < 4.78 is 40.2. The number of aromatic hydroxyl groups is 1. The van der Waals surface area contributed by atoms with Crippen LogP contribution in [0.3, 0.4) is 0 Å². The van der Waals surface area contributed by atoms with Crippen molar-refractivity contribution in [2.24, 2.45) is 0 Å². The van der Waals surface area contributed by atoms with Crippen LogP contribution >= 0.6 is 11.8 Å². The topological polar surface area (TPSA) is 80.4 Å². The number of carbonyl (C=O) groups excluding carboxylic acids is 1. The standard InChI is InChI=1S/C25H21F3N4O3S/c1-16-22(33)32(19-8-10-20(11-9-19)36-25(26,27)28)24(35)31(16)15-17-12-13-29-14-21(17)23(34)30(2)18-6-4-3-5-7-18/h3-14,33H,15H2,1-2H3. The molecule has 0 aliphatic carbocycles. The summed E-state index contributed by atoms with van der Waals surface area (Å²) in [5, 5.41) is 10.7. The molecule has 4 aromatic rings. The van der Waals surface area contributed by atoms with Crippen molar-refractivity contribution < 1.29 is 23.1 Å². The van der Waals surface area contributed by atoms with E-state index in [9.17, 15) is 27.9 Å². The molecule has 2 aromatic carbocycles. The Bertz CT molecular complexity index is 1450. The predicted octanol–water partition coefficient (Wildman–Crippen LogP) is 4.98. The Hall–Kier alpha value is -3.99. The number of benzene rings is 2. The van der Waals surface area contributed by atoms with Crippen LogP contribution in [-0.4, -0.2) is 37.7 Å². The molecule has 1 N–H and O–H groups in total. The second kappa shape index (κ2) is 9.94. The summed E-state index contributed by atoms with van der Waals surface area (Å²) in [7, 11) is 1.63. The number of imidazole rings is 1. The van der Waals surface area contributed by atoms with E-state index in [1.54, 1.807) is 32.2 Å². The highest BCUT2D eigenvalue weighted by Crippen LogP contribution is 2.37. The number of alkyl halides is 3. The van der Waals surface area contributed by atoms with E-state index < -0.39 is 11.2 Å². The first-order valence-corrected chi connectivity index (χ1v) is 11.5. The third-order valence-electron chi connectivity index (χ3n) is 5.61. The van der Waals surface area contributed by atoms with Gasteiger partial charge in [0, 0.05) is 30.0 Å². The number of amides is 1. The molecule has 0 saturated carbocycles. The van der Waals surface area contributed by atoms with Gasteiger partial charge in [-0.3, -0.25) is 14.3 Å². The van der Waals surface area contributed by atoms with Gasteiger partial charge in [-0.05, 0) is 66.7 Å². The number of para-hydroxylation sites is 1. The molecule has 0 spiro atoms. The summed E-state index contributed by atoms with van der Waals surface area (Å²) in [5.74, 6) is -0.670. The Morgan fingerprint density at radius 3 is 2.39 bits per heavy atom. The van der Waals surface area contributed by atoms with Crippen LogP contribution in [0.4, 0.5) is 18.9 Å². The molecule has 7 nitrogen and oxygen atoms in total. The molecular formula is C25H21F3N4O3S. The number of hydrogen-bond donors (Lipinski definition) is 1. The molecule has 0 aliphatic heterocycles. The summed E-state index contributed by atoms with van der Waals surface area (Å²) >= 11 is -0.269. The molecule has 2 aromatic heterocycles. The molecule has 186 valence electrons.